The lowest BCUT2D eigenvalue weighted by atomic mass is 10.1. The summed E-state index contributed by atoms with van der Waals surface area (Å²) in [4.78, 5) is 20.0. The van der Waals surface area contributed by atoms with E-state index in [1.807, 2.05) is 45.0 Å². The maximum absolute atomic E-state index is 12.9. The molecule has 3 rings (SSSR count). The first-order chi connectivity index (χ1) is 14.5. The first-order valence-electron chi connectivity index (χ1n) is 9.91. The minimum Gasteiger partial charge on any atom is -0.491 e. The van der Waals surface area contributed by atoms with Crippen molar-refractivity contribution in [3.63, 3.8) is 0 Å². The first kappa shape index (κ1) is 22.5. The van der Waals surface area contributed by atoms with Crippen LogP contribution in [-0.2, 0) is 12.6 Å². The lowest BCUT2D eigenvalue weighted by Gasteiger charge is -2.15. The molecular weight excluding hydrogens is 411 g/mol. The van der Waals surface area contributed by atoms with Gasteiger partial charge in [-0.2, -0.15) is 22.7 Å². The summed E-state index contributed by atoms with van der Waals surface area (Å²) < 4.78 is 45.3. The van der Waals surface area contributed by atoms with E-state index in [0.717, 1.165) is 22.2 Å². The zero-order chi connectivity index (χ0) is 22.8. The van der Waals surface area contributed by atoms with Crippen LogP contribution in [0.2, 0.25) is 0 Å². The van der Waals surface area contributed by atoms with E-state index >= 15 is 0 Å². The van der Waals surface area contributed by atoms with Gasteiger partial charge in [0.15, 0.2) is 0 Å². The number of alkyl halides is 3. The molecule has 0 aliphatic heterocycles. The number of amides is 1. The quantitative estimate of drug-likeness (QED) is 0.607. The molecule has 0 saturated carbocycles. The van der Waals surface area contributed by atoms with Crippen molar-refractivity contribution in [3.8, 4) is 5.75 Å². The summed E-state index contributed by atoms with van der Waals surface area (Å²) in [6.07, 6.45) is -3.26. The van der Waals surface area contributed by atoms with Gasteiger partial charge in [0, 0.05) is 11.7 Å². The van der Waals surface area contributed by atoms with Gasteiger partial charge in [-0.3, -0.25) is 4.79 Å². The largest absolute Gasteiger partial charge is 0.491 e. The number of hydrogen-bond acceptors (Lipinski definition) is 5. The van der Waals surface area contributed by atoms with Crippen LogP contribution in [0.4, 0.5) is 13.2 Å². The number of aromatic nitrogens is 4. The molecule has 7 nitrogen and oxygen atoms in total. The Kier molecular flexibility index (Phi) is 6.47. The van der Waals surface area contributed by atoms with E-state index in [9.17, 15) is 18.0 Å². The number of carbonyl (C=O) groups is 1. The van der Waals surface area contributed by atoms with E-state index in [2.05, 4.69) is 20.4 Å². The molecule has 0 unspecified atom stereocenters. The number of aryl methyl sites for hydroxylation is 2. The SMILES string of the molecule is Cc1cc(C(=O)N[C@H](C)CCc2ccc(OC(C)C)cc2)n2nc(C(F)(F)F)nc2n1. The molecule has 1 amide bonds. The summed E-state index contributed by atoms with van der Waals surface area (Å²) >= 11 is 0. The average Bonchev–Trinajstić information content (AvgIpc) is 3.10. The van der Waals surface area contributed by atoms with Crippen molar-refractivity contribution >= 4 is 11.7 Å². The molecule has 1 aromatic carbocycles. The molecule has 0 fully saturated rings. The number of carbonyl (C=O) groups excluding carboxylic acids is 1. The Bertz CT molecular complexity index is 1060. The summed E-state index contributed by atoms with van der Waals surface area (Å²) in [6, 6.07) is 8.91. The number of nitrogens with zero attached hydrogens (tertiary/aromatic N) is 4. The molecule has 0 saturated heterocycles. The van der Waals surface area contributed by atoms with Crippen molar-refractivity contribution in [1.29, 1.82) is 0 Å². The van der Waals surface area contributed by atoms with Gasteiger partial charge >= 0.3 is 6.18 Å². The number of hydrogen-bond donors (Lipinski definition) is 1. The van der Waals surface area contributed by atoms with E-state index in [0.29, 0.717) is 12.1 Å². The Morgan fingerprint density at radius 1 is 1.16 bits per heavy atom. The molecule has 0 bridgehead atoms. The molecule has 0 spiro atoms. The highest BCUT2D eigenvalue weighted by Gasteiger charge is 2.37. The van der Waals surface area contributed by atoms with Crippen LogP contribution in [0.3, 0.4) is 0 Å². The van der Waals surface area contributed by atoms with Gasteiger partial charge in [-0.25, -0.2) is 4.98 Å². The minimum absolute atomic E-state index is 0.0486. The highest BCUT2D eigenvalue weighted by Crippen LogP contribution is 2.26. The van der Waals surface area contributed by atoms with Crippen molar-refractivity contribution in [3.05, 3.63) is 53.1 Å². The molecule has 10 heteroatoms. The standard InChI is InChI=1S/C21H24F3N5O2/c1-12(2)31-16-9-7-15(8-10-16)6-5-13(3)25-18(30)17-11-14(4)26-20-27-19(21(22,23)24)28-29(17)20/h7-13H,5-6H2,1-4H3,(H,25,30)/t13-/m1/s1. The monoisotopic (exact) mass is 435 g/mol. The Hall–Kier alpha value is -3.17. The third kappa shape index (κ3) is 5.71. The molecular formula is C21H24F3N5O2. The fourth-order valence-electron chi connectivity index (χ4n) is 3.03. The zero-order valence-corrected chi connectivity index (χ0v) is 17.7. The number of rotatable bonds is 7. The van der Waals surface area contributed by atoms with Crippen molar-refractivity contribution in [1.82, 2.24) is 24.9 Å². The molecule has 166 valence electrons. The topological polar surface area (TPSA) is 81.4 Å². The van der Waals surface area contributed by atoms with E-state index in [4.69, 9.17) is 4.74 Å². The van der Waals surface area contributed by atoms with Gasteiger partial charge in [0.1, 0.15) is 11.4 Å². The number of nitrogens with one attached hydrogen (secondary N) is 1. The highest BCUT2D eigenvalue weighted by atomic mass is 19.4. The van der Waals surface area contributed by atoms with Crippen LogP contribution >= 0.6 is 0 Å². The van der Waals surface area contributed by atoms with Crippen LogP contribution in [0.15, 0.2) is 30.3 Å². The lowest BCUT2D eigenvalue weighted by Crippen LogP contribution is -2.34. The Balaban J connectivity index is 1.67. The second-order valence-electron chi connectivity index (χ2n) is 7.65. The molecule has 1 atom stereocenters. The van der Waals surface area contributed by atoms with Gasteiger partial charge in [0.25, 0.3) is 17.5 Å². The van der Waals surface area contributed by atoms with Gasteiger partial charge < -0.3 is 10.1 Å². The predicted molar refractivity (Wildman–Crippen MR) is 108 cm³/mol. The Labute approximate surface area is 177 Å². The summed E-state index contributed by atoms with van der Waals surface area (Å²) in [5, 5.41) is 6.23. The predicted octanol–water partition coefficient (Wildman–Crippen LogP) is 3.99. The van der Waals surface area contributed by atoms with E-state index < -0.39 is 17.9 Å². The minimum atomic E-state index is -4.72. The molecule has 3 aromatic rings. The van der Waals surface area contributed by atoms with Gasteiger partial charge in [-0.1, -0.05) is 12.1 Å². The zero-order valence-electron chi connectivity index (χ0n) is 17.7. The summed E-state index contributed by atoms with van der Waals surface area (Å²) in [6.45, 7) is 7.33. The van der Waals surface area contributed by atoms with E-state index in [1.54, 1.807) is 6.92 Å². The molecule has 0 aliphatic rings. The number of benzene rings is 1. The maximum Gasteiger partial charge on any atom is 0.453 e. The fourth-order valence-corrected chi connectivity index (χ4v) is 3.03. The summed E-state index contributed by atoms with van der Waals surface area (Å²) in [5.41, 5.74) is 1.41. The van der Waals surface area contributed by atoms with Crippen LogP contribution in [0, 0.1) is 6.92 Å². The third-order valence-electron chi connectivity index (χ3n) is 4.47. The maximum atomic E-state index is 12.9. The molecule has 2 heterocycles. The first-order valence-corrected chi connectivity index (χ1v) is 9.91. The van der Waals surface area contributed by atoms with Crippen molar-refractivity contribution in [2.45, 2.75) is 58.9 Å². The van der Waals surface area contributed by atoms with Gasteiger partial charge in [-0.15, -0.1) is 5.10 Å². The molecule has 0 radical (unpaired) electrons. The Morgan fingerprint density at radius 3 is 2.45 bits per heavy atom. The van der Waals surface area contributed by atoms with Gasteiger partial charge in [0.2, 0.25) is 0 Å². The van der Waals surface area contributed by atoms with Crippen LogP contribution < -0.4 is 10.1 Å². The van der Waals surface area contributed by atoms with E-state index in [-0.39, 0.29) is 23.6 Å². The third-order valence-corrected chi connectivity index (χ3v) is 4.47. The summed E-state index contributed by atoms with van der Waals surface area (Å²) in [5.74, 6) is -1.35. The number of halogens is 3. The number of ether oxygens (including phenoxy) is 1. The molecule has 31 heavy (non-hydrogen) atoms. The highest BCUT2D eigenvalue weighted by molar-refractivity contribution is 5.93. The van der Waals surface area contributed by atoms with Gasteiger partial charge in [-0.05, 0) is 64.3 Å². The summed E-state index contributed by atoms with van der Waals surface area (Å²) in [7, 11) is 0. The second-order valence-corrected chi connectivity index (χ2v) is 7.65. The van der Waals surface area contributed by atoms with Crippen LogP contribution in [-0.4, -0.2) is 37.6 Å². The molecule has 0 aliphatic carbocycles. The molecule has 1 N–H and O–H groups in total. The normalized spacial score (nSPS) is 12.9. The van der Waals surface area contributed by atoms with Crippen molar-refractivity contribution in [2.24, 2.45) is 0 Å². The second kappa shape index (κ2) is 8.91. The van der Waals surface area contributed by atoms with Crippen LogP contribution in [0.25, 0.3) is 5.78 Å². The van der Waals surface area contributed by atoms with E-state index in [1.165, 1.54) is 6.07 Å². The lowest BCUT2D eigenvalue weighted by molar-refractivity contribution is -0.144. The molecule has 2 aromatic heterocycles. The van der Waals surface area contributed by atoms with Crippen molar-refractivity contribution in [2.75, 3.05) is 0 Å². The van der Waals surface area contributed by atoms with Crippen LogP contribution in [0.5, 0.6) is 5.75 Å². The number of fused-ring (bicyclic) bond motifs is 1. The van der Waals surface area contributed by atoms with Crippen molar-refractivity contribution < 1.29 is 22.7 Å². The smallest absolute Gasteiger partial charge is 0.453 e. The van der Waals surface area contributed by atoms with Crippen LogP contribution in [0.1, 0.15) is 54.8 Å². The Morgan fingerprint density at radius 2 is 1.84 bits per heavy atom. The van der Waals surface area contributed by atoms with Gasteiger partial charge in [0.05, 0.1) is 6.10 Å². The fraction of sp³-hybridized carbons (Fsp3) is 0.429. The average molecular weight is 435 g/mol.